The van der Waals surface area contributed by atoms with E-state index in [1.807, 2.05) is 32.9 Å². The summed E-state index contributed by atoms with van der Waals surface area (Å²) in [6.45, 7) is 7.42. The van der Waals surface area contributed by atoms with Crippen molar-refractivity contribution in [2.45, 2.75) is 27.3 Å². The van der Waals surface area contributed by atoms with Crippen LogP contribution >= 0.6 is 12.2 Å². The fourth-order valence-electron chi connectivity index (χ4n) is 2.53. The molecule has 2 aromatic rings. The number of aromatic nitrogens is 1. The van der Waals surface area contributed by atoms with Crippen LogP contribution in [0, 0.1) is 13.8 Å². The number of aromatic amines is 1. The lowest BCUT2D eigenvalue weighted by molar-refractivity contribution is 0.245. The van der Waals surface area contributed by atoms with Crippen LogP contribution in [0.5, 0.6) is 0 Å². The number of hydrogen-bond acceptors (Lipinski definition) is 3. The molecular formula is C17H23N3O2S. The Morgan fingerprint density at radius 1 is 1.39 bits per heavy atom. The maximum Gasteiger partial charge on any atom is 0.253 e. The van der Waals surface area contributed by atoms with Crippen LogP contribution in [0.1, 0.15) is 23.6 Å². The standard InChI is InChI=1S/C17H23N3O2S/c1-4-18-17(23)20(7-8-21)10-14-9-13-6-5-11(2)12(3)15(13)19-16(14)22/h5-6,9,21H,4,7-8,10H2,1-3H3,(H,18,23)(H,19,22). The van der Waals surface area contributed by atoms with Crippen LogP contribution in [0.2, 0.25) is 0 Å². The predicted octanol–water partition coefficient (Wildman–Crippen LogP) is 1.83. The SMILES string of the molecule is CCNC(=S)N(CCO)Cc1cc2ccc(C)c(C)c2[nH]c1=O. The van der Waals surface area contributed by atoms with E-state index in [1.54, 1.807) is 4.90 Å². The highest BCUT2D eigenvalue weighted by atomic mass is 32.1. The molecule has 1 aromatic carbocycles. The number of fused-ring (bicyclic) bond motifs is 1. The molecule has 2 rings (SSSR count). The van der Waals surface area contributed by atoms with Crippen molar-refractivity contribution in [2.24, 2.45) is 0 Å². The third kappa shape index (κ3) is 3.89. The van der Waals surface area contributed by atoms with E-state index in [-0.39, 0.29) is 12.2 Å². The minimum atomic E-state index is -0.117. The summed E-state index contributed by atoms with van der Waals surface area (Å²) >= 11 is 5.31. The molecule has 0 spiro atoms. The largest absolute Gasteiger partial charge is 0.395 e. The highest BCUT2D eigenvalue weighted by molar-refractivity contribution is 7.80. The van der Waals surface area contributed by atoms with Gasteiger partial charge in [0, 0.05) is 18.7 Å². The lowest BCUT2D eigenvalue weighted by atomic mass is 10.0. The van der Waals surface area contributed by atoms with Crippen molar-refractivity contribution >= 4 is 28.2 Å². The van der Waals surface area contributed by atoms with E-state index in [9.17, 15) is 9.90 Å². The number of H-pyrrole nitrogens is 1. The Morgan fingerprint density at radius 2 is 2.13 bits per heavy atom. The number of aryl methyl sites for hydroxylation is 2. The fourth-order valence-corrected chi connectivity index (χ4v) is 2.83. The van der Waals surface area contributed by atoms with Gasteiger partial charge in [0.25, 0.3) is 5.56 Å². The van der Waals surface area contributed by atoms with Gasteiger partial charge in [-0.05, 0) is 55.6 Å². The summed E-state index contributed by atoms with van der Waals surface area (Å²) in [6, 6.07) is 5.96. The maximum absolute atomic E-state index is 12.4. The Balaban J connectivity index is 2.39. The second kappa shape index (κ2) is 7.57. The lowest BCUT2D eigenvalue weighted by Crippen LogP contribution is -2.41. The number of hydrogen-bond donors (Lipinski definition) is 3. The molecule has 0 radical (unpaired) electrons. The number of pyridine rings is 1. The van der Waals surface area contributed by atoms with E-state index >= 15 is 0 Å². The second-order valence-corrected chi connectivity index (χ2v) is 5.96. The number of aliphatic hydroxyl groups is 1. The Bertz CT molecular complexity index is 770. The Hall–Kier alpha value is -1.92. The zero-order valence-corrected chi connectivity index (χ0v) is 14.6. The second-order valence-electron chi connectivity index (χ2n) is 5.58. The van der Waals surface area contributed by atoms with Crippen molar-refractivity contribution in [3.63, 3.8) is 0 Å². The van der Waals surface area contributed by atoms with Gasteiger partial charge in [0.1, 0.15) is 0 Å². The van der Waals surface area contributed by atoms with Crippen molar-refractivity contribution in [2.75, 3.05) is 19.7 Å². The van der Waals surface area contributed by atoms with Gasteiger partial charge in [0.2, 0.25) is 0 Å². The van der Waals surface area contributed by atoms with E-state index in [0.29, 0.717) is 30.3 Å². The molecule has 6 heteroatoms. The molecule has 0 fully saturated rings. The summed E-state index contributed by atoms with van der Waals surface area (Å²) < 4.78 is 0. The summed E-state index contributed by atoms with van der Waals surface area (Å²) in [6.07, 6.45) is 0. The normalized spacial score (nSPS) is 10.8. The monoisotopic (exact) mass is 333 g/mol. The zero-order valence-electron chi connectivity index (χ0n) is 13.8. The minimum absolute atomic E-state index is 0.0185. The number of rotatable bonds is 5. The fraction of sp³-hybridized carbons (Fsp3) is 0.412. The molecule has 0 unspecified atom stereocenters. The van der Waals surface area contributed by atoms with Crippen molar-refractivity contribution in [3.05, 3.63) is 45.2 Å². The van der Waals surface area contributed by atoms with Crippen molar-refractivity contribution in [3.8, 4) is 0 Å². The molecule has 0 aliphatic heterocycles. The summed E-state index contributed by atoms with van der Waals surface area (Å²) in [5, 5.41) is 13.8. The molecule has 3 N–H and O–H groups in total. The molecule has 23 heavy (non-hydrogen) atoms. The van der Waals surface area contributed by atoms with Gasteiger partial charge >= 0.3 is 0 Å². The first kappa shape index (κ1) is 17.4. The molecule has 0 saturated carbocycles. The van der Waals surface area contributed by atoms with Gasteiger partial charge in [-0.15, -0.1) is 0 Å². The Morgan fingerprint density at radius 3 is 2.78 bits per heavy atom. The number of nitrogens with one attached hydrogen (secondary N) is 2. The van der Waals surface area contributed by atoms with Crippen LogP contribution in [0.3, 0.4) is 0 Å². The maximum atomic E-state index is 12.4. The summed E-state index contributed by atoms with van der Waals surface area (Å²) in [4.78, 5) is 17.2. The van der Waals surface area contributed by atoms with Crippen molar-refractivity contribution in [1.82, 2.24) is 15.2 Å². The average molecular weight is 333 g/mol. The first-order chi connectivity index (χ1) is 11.0. The highest BCUT2D eigenvalue weighted by Crippen LogP contribution is 2.19. The number of nitrogens with zero attached hydrogens (tertiary/aromatic N) is 1. The number of aliphatic hydroxyl groups excluding tert-OH is 1. The summed E-state index contributed by atoms with van der Waals surface area (Å²) in [5.74, 6) is 0. The third-order valence-corrected chi connectivity index (χ3v) is 4.38. The zero-order chi connectivity index (χ0) is 17.0. The van der Waals surface area contributed by atoms with Crippen LogP contribution in [-0.2, 0) is 6.54 Å². The van der Waals surface area contributed by atoms with Gasteiger partial charge in [-0.2, -0.15) is 0 Å². The smallest absolute Gasteiger partial charge is 0.253 e. The van der Waals surface area contributed by atoms with Crippen LogP contribution < -0.4 is 10.9 Å². The van der Waals surface area contributed by atoms with Crippen LogP contribution in [0.15, 0.2) is 23.0 Å². The number of benzene rings is 1. The quantitative estimate of drug-likeness (QED) is 0.729. The molecule has 5 nitrogen and oxygen atoms in total. The molecule has 0 aliphatic carbocycles. The van der Waals surface area contributed by atoms with E-state index in [0.717, 1.165) is 22.0 Å². The molecule has 0 amide bonds. The van der Waals surface area contributed by atoms with Gasteiger partial charge in [-0.3, -0.25) is 4.79 Å². The summed E-state index contributed by atoms with van der Waals surface area (Å²) in [7, 11) is 0. The van der Waals surface area contributed by atoms with E-state index in [1.165, 1.54) is 0 Å². The average Bonchev–Trinajstić information content (AvgIpc) is 2.52. The summed E-state index contributed by atoms with van der Waals surface area (Å²) in [5.41, 5.74) is 3.63. The van der Waals surface area contributed by atoms with E-state index in [4.69, 9.17) is 12.2 Å². The topological polar surface area (TPSA) is 68.4 Å². The number of thiocarbonyl (C=S) groups is 1. The van der Waals surface area contributed by atoms with Gasteiger partial charge < -0.3 is 20.3 Å². The molecular weight excluding hydrogens is 310 g/mol. The minimum Gasteiger partial charge on any atom is -0.395 e. The van der Waals surface area contributed by atoms with Gasteiger partial charge in [0.05, 0.1) is 18.7 Å². The predicted molar refractivity (Wildman–Crippen MR) is 97.8 cm³/mol. The molecule has 0 saturated heterocycles. The van der Waals surface area contributed by atoms with Crippen molar-refractivity contribution < 1.29 is 5.11 Å². The Labute approximate surface area is 141 Å². The van der Waals surface area contributed by atoms with Crippen LogP contribution in [0.25, 0.3) is 10.9 Å². The Kier molecular flexibility index (Phi) is 5.74. The van der Waals surface area contributed by atoms with E-state index < -0.39 is 0 Å². The molecule has 0 aliphatic rings. The van der Waals surface area contributed by atoms with Gasteiger partial charge in [0.15, 0.2) is 5.11 Å². The highest BCUT2D eigenvalue weighted by Gasteiger charge is 2.13. The molecule has 1 aromatic heterocycles. The third-order valence-electron chi connectivity index (χ3n) is 3.97. The van der Waals surface area contributed by atoms with Crippen molar-refractivity contribution in [1.29, 1.82) is 0 Å². The lowest BCUT2D eigenvalue weighted by Gasteiger charge is -2.24. The molecule has 0 bridgehead atoms. The van der Waals surface area contributed by atoms with Gasteiger partial charge in [-0.1, -0.05) is 12.1 Å². The first-order valence-electron chi connectivity index (χ1n) is 7.73. The van der Waals surface area contributed by atoms with E-state index in [2.05, 4.69) is 16.4 Å². The van der Waals surface area contributed by atoms with Crippen LogP contribution in [-0.4, -0.2) is 39.8 Å². The first-order valence-corrected chi connectivity index (χ1v) is 8.14. The molecule has 124 valence electrons. The molecule has 0 atom stereocenters. The van der Waals surface area contributed by atoms with Gasteiger partial charge in [-0.25, -0.2) is 0 Å². The molecule has 1 heterocycles. The van der Waals surface area contributed by atoms with Crippen LogP contribution in [0.4, 0.5) is 0 Å².